The van der Waals surface area contributed by atoms with Crippen LogP contribution in [0.3, 0.4) is 0 Å². The second-order valence-corrected chi connectivity index (χ2v) is 7.52. The highest BCUT2D eigenvalue weighted by Gasteiger charge is 2.21. The Balaban J connectivity index is 1.69. The van der Waals surface area contributed by atoms with Gasteiger partial charge in [0.05, 0.1) is 35.4 Å². The van der Waals surface area contributed by atoms with Crippen molar-refractivity contribution in [3.05, 3.63) is 74.9 Å². The van der Waals surface area contributed by atoms with E-state index in [0.717, 1.165) is 0 Å². The highest BCUT2D eigenvalue weighted by molar-refractivity contribution is 7.12. The van der Waals surface area contributed by atoms with Crippen LogP contribution in [-0.2, 0) is 9.53 Å². The van der Waals surface area contributed by atoms with Crippen LogP contribution in [0.1, 0.15) is 25.6 Å². The molecule has 0 saturated heterocycles. The molecule has 0 spiro atoms. The number of esters is 1. The number of hydrogen-bond acceptors (Lipinski definition) is 7. The second kappa shape index (κ2) is 10.1. The van der Waals surface area contributed by atoms with Crippen LogP contribution in [0.4, 0.5) is 5.69 Å². The summed E-state index contributed by atoms with van der Waals surface area (Å²) in [5.74, 6) is -0.960. The lowest BCUT2D eigenvalue weighted by Gasteiger charge is -2.13. The first-order chi connectivity index (χ1) is 14.9. The van der Waals surface area contributed by atoms with Crippen LogP contribution in [0.25, 0.3) is 0 Å². The summed E-state index contributed by atoms with van der Waals surface area (Å²) < 4.78 is 15.5. The van der Waals surface area contributed by atoms with Crippen LogP contribution < -0.4 is 14.8 Å². The van der Waals surface area contributed by atoms with E-state index in [1.54, 1.807) is 35.7 Å². The van der Waals surface area contributed by atoms with E-state index in [9.17, 15) is 14.4 Å². The summed E-state index contributed by atoms with van der Waals surface area (Å²) in [6, 6.07) is 12.7. The highest BCUT2D eigenvalue weighted by Crippen LogP contribution is 2.35. The molecule has 0 unspecified atom stereocenters. The van der Waals surface area contributed by atoms with Gasteiger partial charge in [-0.1, -0.05) is 35.9 Å². The van der Waals surface area contributed by atoms with E-state index in [-0.39, 0.29) is 21.9 Å². The molecule has 2 aromatic carbocycles. The van der Waals surface area contributed by atoms with Crippen molar-refractivity contribution in [2.75, 3.05) is 26.1 Å². The highest BCUT2D eigenvalue weighted by atomic mass is 35.5. The zero-order valence-electron chi connectivity index (χ0n) is 16.6. The number of methoxy groups -OCH3 is 2. The molecule has 0 aliphatic heterocycles. The van der Waals surface area contributed by atoms with Gasteiger partial charge in [-0.3, -0.25) is 9.59 Å². The van der Waals surface area contributed by atoms with Gasteiger partial charge in [-0.05, 0) is 23.6 Å². The number of carbonyl (C=O) groups excluding carboxylic acids is 3. The SMILES string of the molecule is COc1cc(OC)c(NC(=O)COC(=O)c2ccccc2C(=O)c2cccs2)cc1Cl. The van der Waals surface area contributed by atoms with Crippen LogP contribution >= 0.6 is 22.9 Å². The number of anilines is 1. The molecule has 31 heavy (non-hydrogen) atoms. The largest absolute Gasteiger partial charge is 0.495 e. The number of halogens is 1. The molecule has 1 N–H and O–H groups in total. The number of benzene rings is 2. The molecule has 9 heteroatoms. The summed E-state index contributed by atoms with van der Waals surface area (Å²) in [4.78, 5) is 38.0. The van der Waals surface area contributed by atoms with Crippen molar-refractivity contribution >= 4 is 46.3 Å². The third kappa shape index (κ3) is 5.22. The van der Waals surface area contributed by atoms with Crippen molar-refractivity contribution in [1.29, 1.82) is 0 Å². The second-order valence-electron chi connectivity index (χ2n) is 6.16. The molecule has 0 aliphatic rings. The number of hydrogen-bond donors (Lipinski definition) is 1. The molecule has 0 fully saturated rings. The van der Waals surface area contributed by atoms with Gasteiger partial charge in [-0.15, -0.1) is 11.3 Å². The lowest BCUT2D eigenvalue weighted by Crippen LogP contribution is -2.22. The van der Waals surface area contributed by atoms with Gasteiger partial charge in [-0.2, -0.15) is 0 Å². The topological polar surface area (TPSA) is 90.9 Å². The fraction of sp³-hybridized carbons (Fsp3) is 0.136. The van der Waals surface area contributed by atoms with Gasteiger partial charge >= 0.3 is 5.97 Å². The molecule has 7 nitrogen and oxygen atoms in total. The molecular formula is C22H18ClNO6S. The first kappa shape index (κ1) is 22.3. The lowest BCUT2D eigenvalue weighted by atomic mass is 10.0. The molecule has 3 aromatic rings. The zero-order chi connectivity index (χ0) is 22.4. The van der Waals surface area contributed by atoms with Gasteiger partial charge in [0, 0.05) is 11.6 Å². The lowest BCUT2D eigenvalue weighted by molar-refractivity contribution is -0.119. The fourth-order valence-electron chi connectivity index (χ4n) is 2.75. The van der Waals surface area contributed by atoms with E-state index in [2.05, 4.69) is 5.32 Å². The summed E-state index contributed by atoms with van der Waals surface area (Å²) in [5, 5.41) is 4.62. The normalized spacial score (nSPS) is 10.3. The molecule has 0 radical (unpaired) electrons. The minimum atomic E-state index is -0.782. The van der Waals surface area contributed by atoms with Gasteiger partial charge in [0.15, 0.2) is 6.61 Å². The van der Waals surface area contributed by atoms with E-state index in [4.69, 9.17) is 25.8 Å². The number of amides is 1. The number of ether oxygens (including phenoxy) is 3. The predicted molar refractivity (Wildman–Crippen MR) is 118 cm³/mol. The Morgan fingerprint density at radius 3 is 2.32 bits per heavy atom. The van der Waals surface area contributed by atoms with Gasteiger partial charge in [0.1, 0.15) is 11.5 Å². The number of thiophene rings is 1. The van der Waals surface area contributed by atoms with E-state index in [1.807, 2.05) is 0 Å². The minimum Gasteiger partial charge on any atom is -0.495 e. The van der Waals surface area contributed by atoms with E-state index in [0.29, 0.717) is 22.1 Å². The van der Waals surface area contributed by atoms with Crippen molar-refractivity contribution in [2.24, 2.45) is 0 Å². The maximum absolute atomic E-state index is 12.7. The summed E-state index contributed by atoms with van der Waals surface area (Å²) >= 11 is 7.37. The molecule has 1 aromatic heterocycles. The summed E-state index contributed by atoms with van der Waals surface area (Å²) in [7, 11) is 2.89. The van der Waals surface area contributed by atoms with Crippen LogP contribution in [0.5, 0.6) is 11.5 Å². The number of ketones is 1. The number of nitrogens with one attached hydrogen (secondary N) is 1. The third-order valence-corrected chi connectivity index (χ3v) is 5.38. The van der Waals surface area contributed by atoms with Crippen LogP contribution in [-0.4, -0.2) is 38.5 Å². The van der Waals surface area contributed by atoms with Gasteiger partial charge in [0.2, 0.25) is 5.78 Å². The van der Waals surface area contributed by atoms with E-state index in [1.165, 1.54) is 43.8 Å². The zero-order valence-corrected chi connectivity index (χ0v) is 18.2. The van der Waals surface area contributed by atoms with Crippen molar-refractivity contribution in [3.8, 4) is 11.5 Å². The number of rotatable bonds is 8. The molecule has 0 saturated carbocycles. The molecular weight excluding hydrogens is 442 g/mol. The van der Waals surface area contributed by atoms with Crippen molar-refractivity contribution < 1.29 is 28.6 Å². The predicted octanol–water partition coefficient (Wildman–Crippen LogP) is 4.45. The maximum Gasteiger partial charge on any atom is 0.339 e. The Morgan fingerprint density at radius 2 is 1.68 bits per heavy atom. The van der Waals surface area contributed by atoms with E-state index < -0.39 is 18.5 Å². The summed E-state index contributed by atoms with van der Waals surface area (Å²) in [5.41, 5.74) is 0.584. The molecule has 0 aliphatic carbocycles. The molecule has 1 amide bonds. The first-order valence-corrected chi connectivity index (χ1v) is 10.3. The van der Waals surface area contributed by atoms with Crippen LogP contribution in [0.15, 0.2) is 53.9 Å². The fourth-order valence-corrected chi connectivity index (χ4v) is 3.67. The Kier molecular flexibility index (Phi) is 7.28. The van der Waals surface area contributed by atoms with Gasteiger partial charge in [-0.25, -0.2) is 4.79 Å². The monoisotopic (exact) mass is 459 g/mol. The number of carbonyl (C=O) groups is 3. The molecule has 0 atom stereocenters. The Morgan fingerprint density at radius 1 is 0.968 bits per heavy atom. The summed E-state index contributed by atoms with van der Waals surface area (Å²) in [6.07, 6.45) is 0. The Labute approximate surface area is 187 Å². The van der Waals surface area contributed by atoms with Crippen molar-refractivity contribution in [2.45, 2.75) is 0 Å². The van der Waals surface area contributed by atoms with Crippen molar-refractivity contribution in [1.82, 2.24) is 0 Å². The molecule has 1 heterocycles. The Bertz CT molecular complexity index is 1110. The average molecular weight is 460 g/mol. The molecule has 0 bridgehead atoms. The standard InChI is InChI=1S/C22H18ClNO6S/c1-28-17-11-18(29-2)16(10-15(17)23)24-20(25)12-30-22(27)14-7-4-3-6-13(14)21(26)19-8-5-9-31-19/h3-11H,12H2,1-2H3,(H,24,25). The van der Waals surface area contributed by atoms with Gasteiger partial charge < -0.3 is 19.5 Å². The Hall–Kier alpha value is -3.36. The third-order valence-electron chi connectivity index (χ3n) is 4.22. The smallest absolute Gasteiger partial charge is 0.339 e. The van der Waals surface area contributed by atoms with E-state index >= 15 is 0 Å². The molecule has 160 valence electrons. The van der Waals surface area contributed by atoms with Crippen LogP contribution in [0.2, 0.25) is 5.02 Å². The molecule has 3 rings (SSSR count). The minimum absolute atomic E-state index is 0.0822. The quantitative estimate of drug-likeness (QED) is 0.395. The average Bonchev–Trinajstić information content (AvgIpc) is 3.32. The van der Waals surface area contributed by atoms with Crippen molar-refractivity contribution in [3.63, 3.8) is 0 Å². The summed E-state index contributed by atoms with van der Waals surface area (Å²) in [6.45, 7) is -0.562. The van der Waals surface area contributed by atoms with Crippen LogP contribution in [0, 0.1) is 0 Å². The maximum atomic E-state index is 12.7. The van der Waals surface area contributed by atoms with Gasteiger partial charge in [0.25, 0.3) is 5.91 Å². The first-order valence-electron chi connectivity index (χ1n) is 9.00.